The van der Waals surface area contributed by atoms with E-state index in [0.29, 0.717) is 0 Å². The Morgan fingerprint density at radius 1 is 1.12 bits per heavy atom. The van der Waals surface area contributed by atoms with Crippen molar-refractivity contribution >= 4 is 23.2 Å². The number of ketones is 2. The number of fused-ring (bicyclic) bond motifs is 3. The minimum absolute atomic E-state index is 0. The smallest absolute Gasteiger partial charge is 0.255 e. The number of likely N-dealkylation sites (N-methyl/N-ethyl adjacent to an activating group) is 1. The first kappa shape index (κ1) is 25.7. The summed E-state index contributed by atoms with van der Waals surface area (Å²) in [6, 6.07) is 2.50. The fourth-order valence-electron chi connectivity index (χ4n) is 5.60. The highest BCUT2D eigenvalue weighted by Gasteiger charge is 2.70. The van der Waals surface area contributed by atoms with E-state index in [1.54, 1.807) is 0 Å². The number of carbonyl (C=O) groups is 3. The lowest BCUT2D eigenvalue weighted by atomic mass is 9.53. The maximum Gasteiger partial charge on any atom is 0.255 e. The molecule has 4 rings (SSSR count). The number of benzene rings is 1. The van der Waals surface area contributed by atoms with Crippen molar-refractivity contribution in [2.45, 2.75) is 30.3 Å². The van der Waals surface area contributed by atoms with Gasteiger partial charge in [-0.15, -0.1) is 0 Å². The number of Topliss-reactive ketones (excluding diaryl/α,β-unsaturated/α-hetero) is 2. The molecular formula is C22H24ClN2O9-. The predicted octanol–water partition coefficient (Wildman–Crippen LogP) is -4.40. The molecule has 1 saturated carbocycles. The van der Waals surface area contributed by atoms with Crippen LogP contribution in [0, 0.1) is 11.8 Å². The Hall–Kier alpha value is -2.96. The highest BCUT2D eigenvalue weighted by molar-refractivity contribution is 6.24. The number of hydrogen-bond donors (Lipinski definition) is 7. The van der Waals surface area contributed by atoms with Gasteiger partial charge in [0.05, 0.1) is 40.7 Å². The van der Waals surface area contributed by atoms with E-state index in [2.05, 4.69) is 0 Å². The minimum Gasteiger partial charge on any atom is -1.00 e. The molecule has 1 aromatic rings. The lowest BCUT2D eigenvalue weighted by Crippen LogP contribution is -3.00. The molecule has 11 nitrogen and oxygen atoms in total. The van der Waals surface area contributed by atoms with Gasteiger partial charge < -0.3 is 48.8 Å². The zero-order valence-corrected chi connectivity index (χ0v) is 19.1. The van der Waals surface area contributed by atoms with E-state index < -0.39 is 81.1 Å². The van der Waals surface area contributed by atoms with E-state index in [0.717, 1.165) is 0 Å². The topological polar surface area (TPSA) is 202 Å². The largest absolute Gasteiger partial charge is 1.00 e. The molecule has 0 saturated heterocycles. The summed E-state index contributed by atoms with van der Waals surface area (Å²) in [6.45, 7) is 1.25. The fraction of sp³-hybridized carbons (Fsp3) is 0.409. The number of halogens is 1. The molecule has 1 amide bonds. The molecule has 8 N–H and O–H groups in total. The number of phenolic OH excluding ortho intramolecular Hbond substituents is 1. The molecule has 12 heteroatoms. The molecule has 0 aliphatic heterocycles. The third-order valence-electron chi connectivity index (χ3n) is 7.03. The number of amides is 1. The van der Waals surface area contributed by atoms with Gasteiger partial charge in [0.2, 0.25) is 5.78 Å². The average Bonchev–Trinajstić information content (AvgIpc) is 2.70. The second-order valence-electron chi connectivity index (χ2n) is 9.06. The first-order valence-electron chi connectivity index (χ1n) is 10.1. The number of nitrogens with two attached hydrogens (primary N) is 1. The summed E-state index contributed by atoms with van der Waals surface area (Å²) in [5.41, 5.74) is -1.78. The lowest BCUT2D eigenvalue weighted by Gasteiger charge is -2.55. The second-order valence-corrected chi connectivity index (χ2v) is 9.06. The van der Waals surface area contributed by atoms with Crippen molar-refractivity contribution in [1.82, 2.24) is 4.90 Å². The maximum atomic E-state index is 13.7. The second kappa shape index (κ2) is 7.79. The van der Waals surface area contributed by atoms with Crippen LogP contribution in [0.3, 0.4) is 0 Å². The van der Waals surface area contributed by atoms with Crippen LogP contribution in [0.25, 0.3) is 5.76 Å². The van der Waals surface area contributed by atoms with Gasteiger partial charge in [-0.1, -0.05) is 12.1 Å². The van der Waals surface area contributed by atoms with E-state index >= 15 is 0 Å². The summed E-state index contributed by atoms with van der Waals surface area (Å²) in [6.07, 6.45) is -1.87. The zero-order valence-electron chi connectivity index (χ0n) is 18.4. The molecule has 0 radical (unpaired) electrons. The van der Waals surface area contributed by atoms with E-state index in [4.69, 9.17) is 5.73 Å². The van der Waals surface area contributed by atoms with Crippen molar-refractivity contribution in [2.24, 2.45) is 17.6 Å². The molecule has 1 fully saturated rings. The Morgan fingerprint density at radius 3 is 2.24 bits per heavy atom. The summed E-state index contributed by atoms with van der Waals surface area (Å²) in [5, 5.41) is 66.3. The highest BCUT2D eigenvalue weighted by Crippen LogP contribution is 2.57. The van der Waals surface area contributed by atoms with Gasteiger partial charge in [0.25, 0.3) is 5.91 Å². The predicted molar refractivity (Wildman–Crippen MR) is 112 cm³/mol. The van der Waals surface area contributed by atoms with E-state index in [9.17, 15) is 45.0 Å². The van der Waals surface area contributed by atoms with E-state index in [1.807, 2.05) is 0 Å². The van der Waals surface area contributed by atoms with Crippen molar-refractivity contribution in [3.05, 3.63) is 46.2 Å². The number of phenols is 1. The Balaban J connectivity index is 0.00000324. The van der Waals surface area contributed by atoms with Gasteiger partial charge in [-0.3, -0.25) is 19.3 Å². The Labute approximate surface area is 199 Å². The number of nitrogens with zero attached hydrogens (tertiary/aromatic N) is 1. The summed E-state index contributed by atoms with van der Waals surface area (Å²) < 4.78 is 0. The van der Waals surface area contributed by atoms with Crippen LogP contribution >= 0.6 is 0 Å². The number of aliphatic hydroxyl groups is 5. The van der Waals surface area contributed by atoms with Gasteiger partial charge in [0.15, 0.2) is 11.4 Å². The molecule has 1 aromatic carbocycles. The first-order chi connectivity index (χ1) is 15.2. The fourth-order valence-corrected chi connectivity index (χ4v) is 5.60. The standard InChI is InChI=1S/C22H24N2O9.ClH/c1-21(32)7-5-4-6-8(25)9(7)15(26)10-12(21)17(28)13-14(24(2)3)16(27)11(20(23)31)19(30)22(13,33)18(10)29;/h4-6,12-14,17,25-26,28,30,32-33H,1-3H3,(H2,23,31);1H/p-1/t12-,13+,14+,17-,21-,22+;/m1./s1. The number of hydrogen-bond acceptors (Lipinski definition) is 10. The molecule has 0 spiro atoms. The molecule has 3 aliphatic carbocycles. The van der Waals surface area contributed by atoms with E-state index in [-0.39, 0.29) is 23.5 Å². The van der Waals surface area contributed by atoms with Crippen LogP contribution in [0.1, 0.15) is 18.1 Å². The number of aromatic hydroxyl groups is 1. The van der Waals surface area contributed by atoms with Crippen LogP contribution in [-0.4, -0.2) is 84.9 Å². The Kier molecular flexibility index (Phi) is 5.88. The Morgan fingerprint density at radius 2 is 1.71 bits per heavy atom. The lowest BCUT2D eigenvalue weighted by molar-refractivity contribution is -0.181. The van der Waals surface area contributed by atoms with Crippen LogP contribution in [0.5, 0.6) is 5.75 Å². The van der Waals surface area contributed by atoms with Crippen molar-refractivity contribution in [1.29, 1.82) is 0 Å². The van der Waals surface area contributed by atoms with Gasteiger partial charge in [0.1, 0.15) is 22.8 Å². The minimum atomic E-state index is -3.02. The van der Waals surface area contributed by atoms with Crippen molar-refractivity contribution in [2.75, 3.05) is 14.1 Å². The number of aliphatic hydroxyl groups excluding tert-OH is 3. The molecule has 6 atom stereocenters. The molecule has 3 aliphatic rings. The number of rotatable bonds is 2. The van der Waals surface area contributed by atoms with Gasteiger partial charge >= 0.3 is 0 Å². The Bertz CT molecular complexity index is 1190. The van der Waals surface area contributed by atoms with Gasteiger partial charge in [-0.2, -0.15) is 0 Å². The van der Waals surface area contributed by atoms with Gasteiger partial charge in [-0.05, 0) is 32.6 Å². The maximum absolute atomic E-state index is 13.7. The van der Waals surface area contributed by atoms with Crippen molar-refractivity contribution < 1.29 is 57.4 Å². The summed E-state index contributed by atoms with van der Waals surface area (Å²) in [5.74, 6) is -9.67. The van der Waals surface area contributed by atoms with E-state index in [1.165, 1.54) is 44.1 Å². The SMILES string of the molecule is CN(C)[C@@H]1C(=O)C(C(N)=O)=C(O)[C@@]2(O)C(=O)C3=C(O)c4c(O)cccc4[C@@](C)(O)[C@H]3[C@@H](O)[C@H]12.[Cl-]. The van der Waals surface area contributed by atoms with Crippen LogP contribution in [0.15, 0.2) is 35.1 Å². The quantitative estimate of drug-likeness (QED) is 0.196. The monoisotopic (exact) mass is 495 g/mol. The third-order valence-corrected chi connectivity index (χ3v) is 7.03. The molecule has 0 bridgehead atoms. The molecule has 0 heterocycles. The number of primary amides is 1. The van der Waals surface area contributed by atoms with Crippen molar-refractivity contribution in [3.63, 3.8) is 0 Å². The average molecular weight is 496 g/mol. The third kappa shape index (κ3) is 2.88. The van der Waals surface area contributed by atoms with Crippen LogP contribution < -0.4 is 18.1 Å². The first-order valence-corrected chi connectivity index (χ1v) is 10.1. The van der Waals surface area contributed by atoms with Gasteiger partial charge in [-0.25, -0.2) is 0 Å². The number of carbonyl (C=O) groups excluding carboxylic acids is 3. The zero-order chi connectivity index (χ0) is 24.8. The summed E-state index contributed by atoms with van der Waals surface area (Å²) in [4.78, 5) is 39.9. The molecule has 0 unspecified atom stereocenters. The highest BCUT2D eigenvalue weighted by atomic mass is 35.5. The normalized spacial score (nSPS) is 34.9. The van der Waals surface area contributed by atoms with Crippen LogP contribution in [0.2, 0.25) is 0 Å². The summed E-state index contributed by atoms with van der Waals surface area (Å²) >= 11 is 0. The van der Waals surface area contributed by atoms with Crippen LogP contribution in [-0.2, 0) is 20.0 Å². The van der Waals surface area contributed by atoms with Crippen LogP contribution in [0.4, 0.5) is 0 Å². The molecule has 0 aromatic heterocycles. The molecule has 184 valence electrons. The van der Waals surface area contributed by atoms with Crippen molar-refractivity contribution in [3.8, 4) is 5.75 Å². The molecule has 34 heavy (non-hydrogen) atoms. The summed E-state index contributed by atoms with van der Waals surface area (Å²) in [7, 11) is 2.80. The molecular weight excluding hydrogens is 472 g/mol. The van der Waals surface area contributed by atoms with Gasteiger partial charge in [0, 0.05) is 0 Å².